The molecule has 1 aromatic carbocycles. The second-order valence-electron chi connectivity index (χ2n) is 4.90. The van der Waals surface area contributed by atoms with Crippen LogP contribution in [0.2, 0.25) is 0 Å². The third-order valence-corrected chi connectivity index (χ3v) is 3.01. The highest BCUT2D eigenvalue weighted by atomic mass is 19.4. The van der Waals surface area contributed by atoms with E-state index in [1.807, 2.05) is 0 Å². The molecule has 0 spiro atoms. The number of nitrogens with one attached hydrogen (secondary N) is 2. The molecule has 1 atom stereocenters. The fraction of sp³-hybridized carbons (Fsp3) is 0.500. The molecule has 1 aliphatic rings. The van der Waals surface area contributed by atoms with E-state index >= 15 is 0 Å². The highest BCUT2D eigenvalue weighted by Crippen LogP contribution is 2.21. The summed E-state index contributed by atoms with van der Waals surface area (Å²) in [5, 5.41) is 5.19. The number of carbonyl (C=O) groups is 1. The number of carbonyl (C=O) groups excluding carboxylic acids is 1. The van der Waals surface area contributed by atoms with Crippen LogP contribution in [-0.2, 0) is 4.74 Å². The number of hydrogen-bond acceptors (Lipinski definition) is 3. The molecule has 0 aromatic heterocycles. The van der Waals surface area contributed by atoms with Crippen molar-refractivity contribution in [2.75, 3.05) is 25.1 Å². The van der Waals surface area contributed by atoms with Crippen molar-refractivity contribution in [2.24, 2.45) is 0 Å². The Hall–Kier alpha value is -1.96. The largest absolute Gasteiger partial charge is 0.484 e. The SMILES string of the molecule is O=C(NCC1CCCO1)Nc1cccc(OCC(F)(F)F)c1. The lowest BCUT2D eigenvalue weighted by atomic mass is 10.2. The fourth-order valence-electron chi connectivity index (χ4n) is 2.02. The maximum atomic E-state index is 12.1. The van der Waals surface area contributed by atoms with E-state index in [1.54, 1.807) is 6.07 Å². The van der Waals surface area contributed by atoms with Crippen LogP contribution in [0.25, 0.3) is 0 Å². The fourth-order valence-corrected chi connectivity index (χ4v) is 2.02. The Morgan fingerprint density at radius 1 is 1.41 bits per heavy atom. The highest BCUT2D eigenvalue weighted by molar-refractivity contribution is 5.89. The van der Waals surface area contributed by atoms with Crippen LogP contribution in [0.5, 0.6) is 5.75 Å². The number of rotatable bonds is 5. The van der Waals surface area contributed by atoms with Crippen LogP contribution >= 0.6 is 0 Å². The van der Waals surface area contributed by atoms with Gasteiger partial charge in [-0.05, 0) is 25.0 Å². The first kappa shape index (κ1) is 16.4. The quantitative estimate of drug-likeness (QED) is 0.877. The Bertz CT molecular complexity index is 502. The van der Waals surface area contributed by atoms with Crippen molar-refractivity contribution in [1.82, 2.24) is 5.32 Å². The van der Waals surface area contributed by atoms with Gasteiger partial charge < -0.3 is 20.1 Å². The average Bonchev–Trinajstić information content (AvgIpc) is 2.96. The molecule has 0 radical (unpaired) electrons. The van der Waals surface area contributed by atoms with Crippen molar-refractivity contribution in [2.45, 2.75) is 25.1 Å². The smallest absolute Gasteiger partial charge is 0.422 e. The summed E-state index contributed by atoms with van der Waals surface area (Å²) in [5.41, 5.74) is 0.351. The summed E-state index contributed by atoms with van der Waals surface area (Å²) in [6.07, 6.45) is -2.50. The molecule has 0 bridgehead atoms. The molecule has 22 heavy (non-hydrogen) atoms. The number of alkyl halides is 3. The molecule has 1 fully saturated rings. The molecule has 2 N–H and O–H groups in total. The zero-order chi connectivity index (χ0) is 16.0. The maximum absolute atomic E-state index is 12.1. The summed E-state index contributed by atoms with van der Waals surface area (Å²) in [7, 11) is 0. The van der Waals surface area contributed by atoms with E-state index in [-0.39, 0.29) is 11.9 Å². The topological polar surface area (TPSA) is 59.6 Å². The van der Waals surface area contributed by atoms with Gasteiger partial charge in [-0.15, -0.1) is 0 Å². The predicted molar refractivity (Wildman–Crippen MR) is 74.0 cm³/mol. The van der Waals surface area contributed by atoms with E-state index in [4.69, 9.17) is 4.74 Å². The van der Waals surface area contributed by atoms with Gasteiger partial charge in [0.15, 0.2) is 6.61 Å². The van der Waals surface area contributed by atoms with Crippen LogP contribution in [0, 0.1) is 0 Å². The summed E-state index contributed by atoms with van der Waals surface area (Å²) in [6.45, 7) is -0.273. The number of amides is 2. The molecule has 1 aliphatic heterocycles. The molecular weight excluding hydrogens is 301 g/mol. The number of ether oxygens (including phenoxy) is 2. The minimum absolute atomic E-state index is 0.0206. The van der Waals surface area contributed by atoms with Crippen molar-refractivity contribution in [1.29, 1.82) is 0 Å². The monoisotopic (exact) mass is 318 g/mol. The van der Waals surface area contributed by atoms with E-state index in [0.29, 0.717) is 18.8 Å². The molecule has 8 heteroatoms. The van der Waals surface area contributed by atoms with Gasteiger partial charge >= 0.3 is 12.2 Å². The molecule has 1 unspecified atom stereocenters. The third-order valence-electron chi connectivity index (χ3n) is 3.01. The Balaban J connectivity index is 1.80. The van der Waals surface area contributed by atoms with Gasteiger partial charge in [0, 0.05) is 24.9 Å². The molecule has 2 rings (SSSR count). The van der Waals surface area contributed by atoms with Gasteiger partial charge in [0.1, 0.15) is 5.75 Å². The molecule has 2 amide bonds. The summed E-state index contributed by atoms with van der Waals surface area (Å²) < 4.78 is 46.2. The zero-order valence-electron chi connectivity index (χ0n) is 11.8. The van der Waals surface area contributed by atoms with Gasteiger partial charge in [-0.2, -0.15) is 13.2 Å². The molecule has 0 aliphatic carbocycles. The summed E-state index contributed by atoms with van der Waals surface area (Å²) in [5.74, 6) is 0.0363. The Labute approximate surface area is 125 Å². The average molecular weight is 318 g/mol. The van der Waals surface area contributed by atoms with Crippen LogP contribution < -0.4 is 15.4 Å². The summed E-state index contributed by atoms with van der Waals surface area (Å²) >= 11 is 0. The van der Waals surface area contributed by atoms with Gasteiger partial charge in [-0.25, -0.2) is 4.79 Å². The third kappa shape index (κ3) is 5.80. The lowest BCUT2D eigenvalue weighted by Crippen LogP contribution is -2.35. The first-order valence-corrected chi connectivity index (χ1v) is 6.88. The molecule has 1 heterocycles. The van der Waals surface area contributed by atoms with Crippen LogP contribution in [0.15, 0.2) is 24.3 Å². The van der Waals surface area contributed by atoms with Crippen molar-refractivity contribution in [3.05, 3.63) is 24.3 Å². The van der Waals surface area contributed by atoms with Crippen LogP contribution in [0.4, 0.5) is 23.7 Å². The van der Waals surface area contributed by atoms with Crippen molar-refractivity contribution in [3.63, 3.8) is 0 Å². The molecule has 1 saturated heterocycles. The number of urea groups is 1. The highest BCUT2D eigenvalue weighted by Gasteiger charge is 2.28. The van der Waals surface area contributed by atoms with Gasteiger partial charge in [0.05, 0.1) is 6.10 Å². The summed E-state index contributed by atoms with van der Waals surface area (Å²) in [6, 6.07) is 5.34. The Kier molecular flexibility index (Phi) is 5.48. The van der Waals surface area contributed by atoms with E-state index in [9.17, 15) is 18.0 Å². The molecule has 1 aromatic rings. The van der Waals surface area contributed by atoms with Gasteiger partial charge in [0.25, 0.3) is 0 Å². The van der Waals surface area contributed by atoms with Crippen molar-refractivity contribution < 1.29 is 27.4 Å². The number of anilines is 1. The van der Waals surface area contributed by atoms with Crippen LogP contribution in [0.3, 0.4) is 0 Å². The number of benzene rings is 1. The van der Waals surface area contributed by atoms with Crippen LogP contribution in [-0.4, -0.2) is 38.1 Å². The lowest BCUT2D eigenvalue weighted by molar-refractivity contribution is -0.153. The Morgan fingerprint density at radius 3 is 2.91 bits per heavy atom. The van der Waals surface area contributed by atoms with Crippen molar-refractivity contribution >= 4 is 11.7 Å². The minimum atomic E-state index is -4.40. The number of halogens is 3. The second-order valence-corrected chi connectivity index (χ2v) is 4.90. The molecule has 0 saturated carbocycles. The standard InChI is InChI=1S/C14H17F3N2O3/c15-14(16,17)9-22-11-4-1-3-10(7-11)19-13(20)18-8-12-5-2-6-21-12/h1,3-4,7,12H,2,5-6,8-9H2,(H2,18,19,20). The van der Waals surface area contributed by atoms with E-state index in [0.717, 1.165) is 12.8 Å². The maximum Gasteiger partial charge on any atom is 0.422 e. The van der Waals surface area contributed by atoms with E-state index in [1.165, 1.54) is 18.2 Å². The molecule has 5 nitrogen and oxygen atoms in total. The van der Waals surface area contributed by atoms with E-state index in [2.05, 4.69) is 15.4 Å². The van der Waals surface area contributed by atoms with E-state index < -0.39 is 18.8 Å². The summed E-state index contributed by atoms with van der Waals surface area (Å²) in [4.78, 5) is 11.7. The zero-order valence-corrected chi connectivity index (χ0v) is 11.8. The lowest BCUT2D eigenvalue weighted by Gasteiger charge is -2.13. The van der Waals surface area contributed by atoms with Gasteiger partial charge in [0.2, 0.25) is 0 Å². The molecule has 122 valence electrons. The van der Waals surface area contributed by atoms with Gasteiger partial charge in [-0.3, -0.25) is 0 Å². The van der Waals surface area contributed by atoms with Crippen LogP contribution in [0.1, 0.15) is 12.8 Å². The second kappa shape index (κ2) is 7.35. The van der Waals surface area contributed by atoms with Crippen molar-refractivity contribution in [3.8, 4) is 5.75 Å². The molecular formula is C14H17F3N2O3. The first-order valence-electron chi connectivity index (χ1n) is 6.88. The van der Waals surface area contributed by atoms with Gasteiger partial charge in [-0.1, -0.05) is 6.07 Å². The number of hydrogen-bond donors (Lipinski definition) is 2. The predicted octanol–water partition coefficient (Wildman–Crippen LogP) is 2.93. The minimum Gasteiger partial charge on any atom is -0.484 e. The Morgan fingerprint density at radius 2 is 2.23 bits per heavy atom. The first-order chi connectivity index (χ1) is 10.4. The normalized spacial score (nSPS) is 18.0.